The maximum Gasteiger partial charge on any atom is 0.323 e. The van der Waals surface area contributed by atoms with Crippen LogP contribution in [0.3, 0.4) is 0 Å². The molecule has 7 nitrogen and oxygen atoms in total. The first-order chi connectivity index (χ1) is 16.0. The van der Waals surface area contributed by atoms with Gasteiger partial charge in [-0.1, -0.05) is 60.7 Å². The lowest BCUT2D eigenvalue weighted by atomic mass is 9.93. The number of halogens is 1. The molecule has 0 radical (unpaired) electrons. The molecule has 2 N–H and O–H groups in total. The number of rotatable bonds is 10. The Balaban J connectivity index is 0.00000408. The summed E-state index contributed by atoms with van der Waals surface area (Å²) in [4.78, 5) is 38.8. The van der Waals surface area contributed by atoms with Crippen LogP contribution in [-0.2, 0) is 25.5 Å². The van der Waals surface area contributed by atoms with E-state index in [1.807, 2.05) is 60.7 Å². The van der Waals surface area contributed by atoms with Gasteiger partial charge in [-0.05, 0) is 43.7 Å². The lowest BCUT2D eigenvalue weighted by Gasteiger charge is -2.27. The van der Waals surface area contributed by atoms with Crippen LogP contribution in [0.2, 0.25) is 0 Å². The predicted octanol–water partition coefficient (Wildman–Crippen LogP) is 3.42. The number of likely N-dealkylation sites (tertiary alicyclic amines) is 1. The molecule has 0 saturated carbocycles. The number of hydrogen-bond acceptors (Lipinski definition) is 5. The van der Waals surface area contributed by atoms with Crippen LogP contribution in [0, 0.1) is 0 Å². The van der Waals surface area contributed by atoms with Gasteiger partial charge in [-0.3, -0.25) is 19.7 Å². The van der Waals surface area contributed by atoms with Crippen molar-refractivity contribution in [3.63, 3.8) is 0 Å². The summed E-state index contributed by atoms with van der Waals surface area (Å²) >= 11 is 0. The van der Waals surface area contributed by atoms with E-state index in [9.17, 15) is 19.5 Å². The predicted molar refractivity (Wildman–Crippen MR) is 132 cm³/mol. The second-order valence-electron chi connectivity index (χ2n) is 8.35. The summed E-state index contributed by atoms with van der Waals surface area (Å²) in [6.07, 6.45) is 2.35. The highest BCUT2D eigenvalue weighted by molar-refractivity contribution is 5.86. The van der Waals surface area contributed by atoms with Gasteiger partial charge in [0.15, 0.2) is 0 Å². The molecule has 2 aromatic rings. The van der Waals surface area contributed by atoms with Crippen LogP contribution >= 0.6 is 12.4 Å². The number of carboxylic acids is 1. The maximum atomic E-state index is 13.3. The maximum absolute atomic E-state index is 13.3. The van der Waals surface area contributed by atoms with E-state index in [0.717, 1.165) is 11.1 Å². The highest BCUT2D eigenvalue weighted by Gasteiger charge is 2.35. The van der Waals surface area contributed by atoms with Crippen LogP contribution < -0.4 is 5.32 Å². The average Bonchev–Trinajstić information content (AvgIpc) is 2.96. The highest BCUT2D eigenvalue weighted by Crippen LogP contribution is 2.27. The summed E-state index contributed by atoms with van der Waals surface area (Å²) in [7, 11) is 0. The molecule has 1 aliphatic rings. The first-order valence-corrected chi connectivity index (χ1v) is 11.5. The van der Waals surface area contributed by atoms with Crippen molar-refractivity contribution in [2.45, 2.75) is 50.6 Å². The number of carbonyl (C=O) groups is 3. The Kier molecular flexibility index (Phi) is 11.0. The number of nitrogens with zero attached hydrogens (tertiary/aromatic N) is 1. The molecule has 1 fully saturated rings. The largest absolute Gasteiger partial charge is 0.480 e. The fourth-order valence-corrected chi connectivity index (χ4v) is 4.33. The molecular formula is C26H33ClN2O5. The van der Waals surface area contributed by atoms with Gasteiger partial charge in [0, 0.05) is 12.5 Å². The minimum atomic E-state index is -1.05. The quantitative estimate of drug-likeness (QED) is 0.497. The zero-order chi connectivity index (χ0) is 23.6. The Morgan fingerprint density at radius 2 is 1.74 bits per heavy atom. The summed E-state index contributed by atoms with van der Waals surface area (Å²) < 4.78 is 5.26. The van der Waals surface area contributed by atoms with Gasteiger partial charge in [0.05, 0.1) is 12.6 Å². The van der Waals surface area contributed by atoms with Crippen molar-refractivity contribution in [3.05, 3.63) is 71.8 Å². The fourth-order valence-electron chi connectivity index (χ4n) is 4.33. The van der Waals surface area contributed by atoms with E-state index >= 15 is 0 Å². The molecule has 34 heavy (non-hydrogen) atoms. The molecule has 0 aromatic heterocycles. The van der Waals surface area contributed by atoms with Crippen LogP contribution in [0.1, 0.15) is 43.2 Å². The molecule has 3 atom stereocenters. The number of ether oxygens (including phenoxy) is 1. The minimum absolute atomic E-state index is 0. The number of carboxylic acid groups (broad SMARTS) is 1. The zero-order valence-corrected chi connectivity index (χ0v) is 20.2. The Bertz CT molecular complexity index is 925. The second-order valence-corrected chi connectivity index (χ2v) is 8.35. The smallest absolute Gasteiger partial charge is 0.323 e. The molecule has 0 unspecified atom stereocenters. The van der Waals surface area contributed by atoms with E-state index in [1.165, 1.54) is 4.90 Å². The van der Waals surface area contributed by atoms with E-state index < -0.39 is 24.0 Å². The molecular weight excluding hydrogens is 456 g/mol. The van der Waals surface area contributed by atoms with Crippen LogP contribution in [0.4, 0.5) is 0 Å². The normalized spacial score (nSPS) is 19.0. The Morgan fingerprint density at radius 3 is 2.35 bits per heavy atom. The second kappa shape index (κ2) is 13.7. The first kappa shape index (κ1) is 27.3. The molecule has 184 valence electrons. The van der Waals surface area contributed by atoms with Gasteiger partial charge in [0.2, 0.25) is 5.91 Å². The standard InChI is InChI=1S/C26H32N2O5.ClH/c1-2-33-26(32)23(15-13-19-9-5-3-6-10-19)27-22-16-14-21(20-11-7-4-8-12-20)17-28(25(22)31)18-24(29)30;/h3-12,21-23,27H,2,13-18H2,1H3,(H,29,30);1H/t21-,22-,23-;/m0./s1. The Morgan fingerprint density at radius 1 is 1.09 bits per heavy atom. The van der Waals surface area contributed by atoms with Crippen LogP contribution in [0.15, 0.2) is 60.7 Å². The molecule has 2 aromatic carbocycles. The van der Waals surface area contributed by atoms with E-state index in [2.05, 4.69) is 5.32 Å². The highest BCUT2D eigenvalue weighted by atomic mass is 35.5. The molecule has 0 aliphatic carbocycles. The van der Waals surface area contributed by atoms with Crippen LogP contribution in [0.25, 0.3) is 0 Å². The number of nitrogens with one attached hydrogen (secondary N) is 1. The molecule has 0 bridgehead atoms. The minimum Gasteiger partial charge on any atom is -0.480 e. The molecule has 8 heteroatoms. The molecule has 1 amide bonds. The molecule has 1 aliphatic heterocycles. The van der Waals surface area contributed by atoms with Crippen molar-refractivity contribution >= 4 is 30.3 Å². The third kappa shape index (κ3) is 7.85. The van der Waals surface area contributed by atoms with Crippen molar-refractivity contribution in [1.29, 1.82) is 0 Å². The van der Waals surface area contributed by atoms with Gasteiger partial charge in [-0.25, -0.2) is 0 Å². The number of carbonyl (C=O) groups excluding carboxylic acids is 2. The number of benzene rings is 2. The van der Waals surface area contributed by atoms with Gasteiger partial charge in [-0.2, -0.15) is 0 Å². The third-order valence-electron chi connectivity index (χ3n) is 5.99. The SMILES string of the molecule is CCOC(=O)[C@H](CCc1ccccc1)N[C@H]1CC[C@H](c2ccccc2)CN(CC(=O)O)C1=O.Cl. The number of aryl methyl sites for hydroxylation is 1. The van der Waals surface area contributed by atoms with E-state index in [0.29, 0.717) is 32.2 Å². The lowest BCUT2D eigenvalue weighted by molar-refractivity contribution is -0.148. The van der Waals surface area contributed by atoms with E-state index in [-0.39, 0.29) is 37.4 Å². The van der Waals surface area contributed by atoms with Crippen molar-refractivity contribution in [2.75, 3.05) is 19.7 Å². The van der Waals surface area contributed by atoms with Gasteiger partial charge >= 0.3 is 11.9 Å². The number of amides is 1. The monoisotopic (exact) mass is 488 g/mol. The van der Waals surface area contributed by atoms with E-state index in [4.69, 9.17) is 4.74 Å². The summed E-state index contributed by atoms with van der Waals surface area (Å²) in [5.74, 6) is -1.70. The molecule has 1 saturated heterocycles. The summed E-state index contributed by atoms with van der Waals surface area (Å²) in [6.45, 7) is 1.97. The van der Waals surface area contributed by atoms with E-state index in [1.54, 1.807) is 6.92 Å². The number of aliphatic carboxylic acids is 1. The summed E-state index contributed by atoms with van der Waals surface area (Å²) in [5.41, 5.74) is 2.17. The van der Waals surface area contributed by atoms with Gasteiger partial charge in [0.1, 0.15) is 12.6 Å². The fraction of sp³-hybridized carbons (Fsp3) is 0.423. The lowest BCUT2D eigenvalue weighted by Crippen LogP contribution is -2.52. The van der Waals surface area contributed by atoms with Crippen molar-refractivity contribution in [2.24, 2.45) is 0 Å². The topological polar surface area (TPSA) is 95.9 Å². The van der Waals surface area contributed by atoms with Crippen LogP contribution in [0.5, 0.6) is 0 Å². The summed E-state index contributed by atoms with van der Waals surface area (Å²) in [6, 6.07) is 18.4. The van der Waals surface area contributed by atoms with Crippen molar-refractivity contribution in [3.8, 4) is 0 Å². The van der Waals surface area contributed by atoms with Crippen LogP contribution in [-0.4, -0.2) is 59.6 Å². The average molecular weight is 489 g/mol. The first-order valence-electron chi connectivity index (χ1n) is 11.5. The molecule has 1 heterocycles. The Hall–Kier alpha value is -2.90. The summed E-state index contributed by atoms with van der Waals surface area (Å²) in [5, 5.41) is 12.6. The van der Waals surface area contributed by atoms with Gasteiger partial charge in [0.25, 0.3) is 0 Å². The van der Waals surface area contributed by atoms with Crippen molar-refractivity contribution in [1.82, 2.24) is 10.2 Å². The molecule has 0 spiro atoms. The number of esters is 1. The van der Waals surface area contributed by atoms with Gasteiger partial charge < -0.3 is 14.7 Å². The third-order valence-corrected chi connectivity index (χ3v) is 5.99. The zero-order valence-electron chi connectivity index (χ0n) is 19.4. The molecule has 3 rings (SSSR count). The van der Waals surface area contributed by atoms with Gasteiger partial charge in [-0.15, -0.1) is 12.4 Å². The Labute approximate surface area is 206 Å². The van der Waals surface area contributed by atoms with Crippen molar-refractivity contribution < 1.29 is 24.2 Å². The number of hydrogen-bond donors (Lipinski definition) is 2.